The molecular weight excluding hydrogens is 601 g/mol. The maximum absolute atomic E-state index is 2.41. The van der Waals surface area contributed by atoms with Crippen LogP contribution in [0.5, 0.6) is 0 Å². The van der Waals surface area contributed by atoms with Crippen LogP contribution < -0.4 is 4.90 Å². The van der Waals surface area contributed by atoms with Crippen molar-refractivity contribution in [3.63, 3.8) is 0 Å². The summed E-state index contributed by atoms with van der Waals surface area (Å²) in [5, 5.41) is 5.15. The van der Waals surface area contributed by atoms with E-state index in [4.69, 9.17) is 0 Å². The second-order valence-electron chi connectivity index (χ2n) is 13.4. The van der Waals surface area contributed by atoms with Crippen LogP contribution in [0.3, 0.4) is 0 Å². The van der Waals surface area contributed by atoms with E-state index in [1.54, 1.807) is 0 Å². The molecule has 10 rings (SSSR count). The van der Waals surface area contributed by atoms with Crippen LogP contribution in [0, 0.1) is 0 Å². The number of hydrogen-bond acceptors (Lipinski definition) is 2. The van der Waals surface area contributed by atoms with Gasteiger partial charge in [0.15, 0.2) is 0 Å². The fourth-order valence-corrected chi connectivity index (χ4v) is 9.21. The quantitative estimate of drug-likeness (QED) is 0.187. The Hall–Kier alpha value is -5.64. The van der Waals surface area contributed by atoms with Gasteiger partial charge in [0.1, 0.15) is 0 Å². The summed E-state index contributed by atoms with van der Waals surface area (Å²) in [6.07, 6.45) is 0. The number of fused-ring (bicyclic) bond motifs is 9. The average molecular weight is 633 g/mol. The number of para-hydroxylation sites is 3. The summed E-state index contributed by atoms with van der Waals surface area (Å²) < 4.78 is 5.00. The molecule has 3 heteroatoms. The molecule has 9 aromatic rings. The Morgan fingerprint density at radius 2 is 1.10 bits per heavy atom. The van der Waals surface area contributed by atoms with Crippen LogP contribution in [0.2, 0.25) is 0 Å². The van der Waals surface area contributed by atoms with Gasteiger partial charge in [-0.25, -0.2) is 0 Å². The van der Waals surface area contributed by atoms with E-state index in [1.165, 1.54) is 75.6 Å². The van der Waals surface area contributed by atoms with Crippen molar-refractivity contribution >= 4 is 70.4 Å². The third kappa shape index (κ3) is 3.92. The summed E-state index contributed by atoms with van der Waals surface area (Å²) in [7, 11) is 0. The zero-order valence-electron chi connectivity index (χ0n) is 26.8. The van der Waals surface area contributed by atoms with Gasteiger partial charge in [-0.2, -0.15) is 0 Å². The first kappa shape index (κ1) is 27.5. The molecule has 0 aliphatic heterocycles. The third-order valence-electron chi connectivity index (χ3n) is 10.4. The van der Waals surface area contributed by atoms with Crippen molar-refractivity contribution < 1.29 is 0 Å². The lowest BCUT2D eigenvalue weighted by Crippen LogP contribution is -2.16. The Kier molecular flexibility index (Phi) is 5.82. The number of anilines is 3. The lowest BCUT2D eigenvalue weighted by Gasteiger charge is -2.28. The molecule has 0 radical (unpaired) electrons. The van der Waals surface area contributed by atoms with Crippen LogP contribution in [-0.2, 0) is 5.41 Å². The molecule has 0 saturated carbocycles. The molecule has 0 atom stereocenters. The first-order valence-corrected chi connectivity index (χ1v) is 17.4. The van der Waals surface area contributed by atoms with Gasteiger partial charge in [-0.3, -0.25) is 0 Å². The number of aromatic nitrogens is 1. The fourth-order valence-electron chi connectivity index (χ4n) is 8.09. The highest BCUT2D eigenvalue weighted by Crippen LogP contribution is 2.51. The van der Waals surface area contributed by atoms with Crippen molar-refractivity contribution in [2.45, 2.75) is 19.3 Å². The number of benzene rings is 7. The Morgan fingerprint density at radius 3 is 1.90 bits per heavy atom. The number of thiophene rings is 1. The van der Waals surface area contributed by atoms with E-state index in [0.29, 0.717) is 0 Å². The second kappa shape index (κ2) is 10.2. The zero-order valence-corrected chi connectivity index (χ0v) is 27.6. The first-order chi connectivity index (χ1) is 23.6. The molecule has 48 heavy (non-hydrogen) atoms. The molecule has 1 aliphatic carbocycles. The predicted octanol–water partition coefficient (Wildman–Crippen LogP) is 12.9. The lowest BCUT2D eigenvalue weighted by molar-refractivity contribution is 0.660. The molecule has 2 aromatic heterocycles. The van der Waals surface area contributed by atoms with Gasteiger partial charge in [0.05, 0.1) is 11.0 Å². The highest BCUT2D eigenvalue weighted by molar-refractivity contribution is 7.25. The number of hydrogen-bond donors (Lipinski definition) is 0. The summed E-state index contributed by atoms with van der Waals surface area (Å²) in [6, 6.07) is 58.1. The SMILES string of the molecule is CC1(C)c2ccccc2-c2ccc(N(c3ccccc3)c3ccc4sc5cc(-n6c7ccccc7c7ccccc76)ccc5c4c3)cc21. The van der Waals surface area contributed by atoms with Gasteiger partial charge in [-0.15, -0.1) is 11.3 Å². The van der Waals surface area contributed by atoms with Crippen LogP contribution >= 0.6 is 11.3 Å². The molecule has 0 spiro atoms. The topological polar surface area (TPSA) is 8.17 Å². The second-order valence-corrected chi connectivity index (χ2v) is 14.5. The Bertz CT molecular complexity index is 2660. The molecule has 0 fully saturated rings. The summed E-state index contributed by atoms with van der Waals surface area (Å²) >= 11 is 1.87. The first-order valence-electron chi connectivity index (χ1n) is 16.6. The van der Waals surface area contributed by atoms with Crippen LogP contribution in [0.25, 0.3) is 58.8 Å². The van der Waals surface area contributed by atoms with E-state index in [1.807, 2.05) is 11.3 Å². The largest absolute Gasteiger partial charge is 0.310 e. The summed E-state index contributed by atoms with van der Waals surface area (Å²) in [5.41, 5.74) is 12.6. The van der Waals surface area contributed by atoms with Gasteiger partial charge in [0.25, 0.3) is 0 Å². The van der Waals surface area contributed by atoms with E-state index in [9.17, 15) is 0 Å². The van der Waals surface area contributed by atoms with Crippen molar-refractivity contribution in [3.8, 4) is 16.8 Å². The average Bonchev–Trinajstić information content (AvgIpc) is 3.74. The molecule has 7 aromatic carbocycles. The molecule has 2 nitrogen and oxygen atoms in total. The van der Waals surface area contributed by atoms with Gasteiger partial charge in [-0.05, 0) is 89.0 Å². The predicted molar refractivity (Wildman–Crippen MR) is 206 cm³/mol. The highest BCUT2D eigenvalue weighted by atomic mass is 32.1. The van der Waals surface area contributed by atoms with E-state index in [2.05, 4.69) is 181 Å². The number of nitrogens with zero attached hydrogens (tertiary/aromatic N) is 2. The maximum Gasteiger partial charge on any atom is 0.0541 e. The molecule has 0 N–H and O–H groups in total. The van der Waals surface area contributed by atoms with Crippen molar-refractivity contribution in [1.29, 1.82) is 0 Å². The standard InChI is InChI=1S/C45H32N2S/c1-45(2)39-17-9-6-14-33(39)34-23-20-31(27-40(34)45)46(29-12-4-3-5-13-29)30-22-25-43-38(26-30)37-24-21-32(28-44(37)48-43)47-41-18-10-7-15-35(41)36-16-8-11-19-42(36)47/h3-28H,1-2H3. The van der Waals surface area contributed by atoms with E-state index in [-0.39, 0.29) is 5.41 Å². The zero-order chi connectivity index (χ0) is 32.0. The molecule has 0 saturated heterocycles. The van der Waals surface area contributed by atoms with E-state index < -0.39 is 0 Å². The van der Waals surface area contributed by atoms with Crippen molar-refractivity contribution in [2.24, 2.45) is 0 Å². The van der Waals surface area contributed by atoms with Crippen LogP contribution in [0.15, 0.2) is 158 Å². The molecule has 2 heterocycles. The molecule has 0 bridgehead atoms. The maximum atomic E-state index is 2.41. The molecule has 1 aliphatic rings. The number of rotatable bonds is 4. The van der Waals surface area contributed by atoms with Crippen LogP contribution in [-0.4, -0.2) is 4.57 Å². The Morgan fingerprint density at radius 1 is 0.458 bits per heavy atom. The van der Waals surface area contributed by atoms with E-state index >= 15 is 0 Å². The molecule has 228 valence electrons. The van der Waals surface area contributed by atoms with E-state index in [0.717, 1.165) is 11.4 Å². The lowest BCUT2D eigenvalue weighted by atomic mass is 9.82. The Labute approximate surface area is 283 Å². The smallest absolute Gasteiger partial charge is 0.0541 e. The third-order valence-corrected chi connectivity index (χ3v) is 11.5. The molecular formula is C45H32N2S. The van der Waals surface area contributed by atoms with Gasteiger partial charge in [-0.1, -0.05) is 105 Å². The Balaban J connectivity index is 1.13. The monoisotopic (exact) mass is 632 g/mol. The summed E-state index contributed by atoms with van der Waals surface area (Å²) in [6.45, 7) is 4.71. The van der Waals surface area contributed by atoms with Crippen molar-refractivity contribution in [1.82, 2.24) is 4.57 Å². The molecule has 0 unspecified atom stereocenters. The normalized spacial score (nSPS) is 13.4. The van der Waals surface area contributed by atoms with Crippen LogP contribution in [0.1, 0.15) is 25.0 Å². The minimum atomic E-state index is -0.0636. The van der Waals surface area contributed by atoms with Crippen molar-refractivity contribution in [3.05, 3.63) is 169 Å². The van der Waals surface area contributed by atoms with Gasteiger partial charge >= 0.3 is 0 Å². The molecule has 0 amide bonds. The highest BCUT2D eigenvalue weighted by Gasteiger charge is 2.35. The minimum absolute atomic E-state index is 0.0636. The summed E-state index contributed by atoms with van der Waals surface area (Å²) in [5.74, 6) is 0. The van der Waals surface area contributed by atoms with Gasteiger partial charge in [0, 0.05) is 59.1 Å². The van der Waals surface area contributed by atoms with Crippen molar-refractivity contribution in [2.75, 3.05) is 4.90 Å². The summed E-state index contributed by atoms with van der Waals surface area (Å²) in [4.78, 5) is 2.41. The van der Waals surface area contributed by atoms with Gasteiger partial charge in [0.2, 0.25) is 0 Å². The fraction of sp³-hybridized carbons (Fsp3) is 0.0667. The van der Waals surface area contributed by atoms with Crippen LogP contribution in [0.4, 0.5) is 17.1 Å². The van der Waals surface area contributed by atoms with Gasteiger partial charge < -0.3 is 9.47 Å². The minimum Gasteiger partial charge on any atom is -0.310 e.